The number of halogens is 4. The second-order valence-electron chi connectivity index (χ2n) is 8.11. The fourth-order valence-electron chi connectivity index (χ4n) is 4.02. The largest absolute Gasteiger partial charge is 0.548 e. The molecule has 37 heavy (non-hydrogen) atoms. The van der Waals surface area contributed by atoms with E-state index in [1.165, 1.54) is 24.3 Å². The molecule has 1 heterocycles. The number of phenolic OH excluding ortho intramolecular Hbond substituents is 1. The summed E-state index contributed by atoms with van der Waals surface area (Å²) < 4.78 is 81.9. The van der Waals surface area contributed by atoms with Crippen molar-refractivity contribution in [2.45, 2.75) is 23.7 Å². The van der Waals surface area contributed by atoms with Crippen molar-refractivity contribution in [2.24, 2.45) is 0 Å². The summed E-state index contributed by atoms with van der Waals surface area (Å²) in [4.78, 5) is 25.9. The molecule has 0 saturated heterocycles. The Hall–Kier alpha value is -3.97. The maximum Gasteiger partial charge on any atom is 0.417 e. The molecule has 0 bridgehead atoms. The van der Waals surface area contributed by atoms with E-state index in [1.807, 2.05) is 0 Å². The van der Waals surface area contributed by atoms with Gasteiger partial charge in [-0.2, -0.15) is 17.5 Å². The van der Waals surface area contributed by atoms with E-state index < -0.39 is 64.2 Å². The van der Waals surface area contributed by atoms with E-state index in [2.05, 4.69) is 0 Å². The number of hydrogen-bond donors (Lipinski definition) is 1. The summed E-state index contributed by atoms with van der Waals surface area (Å²) in [6.07, 6.45) is -5.11. The first-order valence-corrected chi connectivity index (χ1v) is 12.0. The smallest absolute Gasteiger partial charge is 0.417 e. The Morgan fingerprint density at radius 1 is 1.00 bits per heavy atom. The number of aromatic hydroxyl groups is 1. The summed E-state index contributed by atoms with van der Waals surface area (Å²) in [5, 5.41) is 21.6. The Bertz CT molecular complexity index is 1480. The van der Waals surface area contributed by atoms with Crippen LogP contribution in [0, 0.1) is 5.82 Å². The van der Waals surface area contributed by atoms with Gasteiger partial charge in [-0.3, -0.25) is 4.79 Å². The molecule has 0 aromatic heterocycles. The third-order valence-electron chi connectivity index (χ3n) is 5.79. The minimum absolute atomic E-state index is 0.0281. The molecule has 4 rings (SSSR count). The van der Waals surface area contributed by atoms with Crippen LogP contribution in [0.2, 0.25) is 0 Å². The van der Waals surface area contributed by atoms with Gasteiger partial charge in [0.25, 0.3) is 5.91 Å². The van der Waals surface area contributed by atoms with Crippen molar-refractivity contribution in [2.75, 3.05) is 11.4 Å². The number of carbonyl (C=O) groups is 2. The summed E-state index contributed by atoms with van der Waals surface area (Å²) in [5.74, 6) is -4.69. The van der Waals surface area contributed by atoms with Crippen LogP contribution < -0.4 is 10.0 Å². The molecule has 8 nitrogen and oxygen atoms in total. The molecule has 1 unspecified atom stereocenters. The van der Waals surface area contributed by atoms with Crippen LogP contribution in [0.5, 0.6) is 5.75 Å². The predicted octanol–water partition coefficient (Wildman–Crippen LogP) is 2.52. The third kappa shape index (κ3) is 5.00. The van der Waals surface area contributed by atoms with Crippen LogP contribution in [-0.2, 0) is 27.5 Å². The van der Waals surface area contributed by atoms with Gasteiger partial charge in [0, 0.05) is 18.8 Å². The normalized spacial score (nSPS) is 16.6. The van der Waals surface area contributed by atoms with Crippen molar-refractivity contribution in [3.8, 4) is 5.75 Å². The molecule has 3 aromatic rings. The van der Waals surface area contributed by atoms with E-state index in [4.69, 9.17) is 0 Å². The van der Waals surface area contributed by atoms with Gasteiger partial charge in [0.1, 0.15) is 11.6 Å². The van der Waals surface area contributed by atoms with Gasteiger partial charge in [0.2, 0.25) is 10.0 Å². The fourth-order valence-corrected chi connectivity index (χ4v) is 5.57. The summed E-state index contributed by atoms with van der Waals surface area (Å²) >= 11 is 0. The number of amides is 1. The van der Waals surface area contributed by atoms with Gasteiger partial charge >= 0.3 is 6.18 Å². The molecule has 0 radical (unpaired) electrons. The Morgan fingerprint density at radius 2 is 1.65 bits per heavy atom. The SMILES string of the molecule is O=C([O-])C1CN(C(=O)c2ccc(F)cc2C(F)(F)F)c2ccccc2CN1S(=O)(=O)c1ccc(O)cc1. The lowest BCUT2D eigenvalue weighted by Crippen LogP contribution is -2.54. The highest BCUT2D eigenvalue weighted by atomic mass is 32.2. The number of rotatable bonds is 4. The Labute approximate surface area is 208 Å². The first-order valence-electron chi connectivity index (χ1n) is 10.6. The number of fused-ring (bicyclic) bond motifs is 1. The number of aliphatic carboxylic acids is 1. The van der Waals surface area contributed by atoms with E-state index in [1.54, 1.807) is 0 Å². The molecular weight excluding hydrogens is 520 g/mol. The zero-order valence-electron chi connectivity index (χ0n) is 18.6. The highest BCUT2D eigenvalue weighted by molar-refractivity contribution is 7.89. The Kier molecular flexibility index (Phi) is 6.69. The van der Waals surface area contributed by atoms with Crippen molar-refractivity contribution >= 4 is 27.6 Å². The first-order chi connectivity index (χ1) is 17.3. The first kappa shape index (κ1) is 26.1. The van der Waals surface area contributed by atoms with Crippen molar-refractivity contribution in [3.05, 3.63) is 89.2 Å². The van der Waals surface area contributed by atoms with Crippen molar-refractivity contribution in [1.29, 1.82) is 0 Å². The maximum atomic E-state index is 13.6. The van der Waals surface area contributed by atoms with Crippen molar-refractivity contribution in [1.82, 2.24) is 4.31 Å². The number of nitrogens with zero attached hydrogens (tertiary/aromatic N) is 2. The number of carbonyl (C=O) groups excluding carboxylic acids is 2. The minimum Gasteiger partial charge on any atom is -0.548 e. The summed E-state index contributed by atoms with van der Waals surface area (Å²) in [6.45, 7) is -1.46. The molecular formula is C24H17F4N2O6S-. The number of anilines is 1. The average Bonchev–Trinajstić information content (AvgIpc) is 3.01. The number of carboxylic acids is 1. The molecule has 1 aliphatic heterocycles. The predicted molar refractivity (Wildman–Crippen MR) is 119 cm³/mol. The maximum absolute atomic E-state index is 13.6. The summed E-state index contributed by atoms with van der Waals surface area (Å²) in [7, 11) is -4.56. The standard InChI is InChI=1S/C24H18F4N2O6S/c25-15-5-10-18(19(11-15)24(26,27)28)22(32)29-13-21(23(33)34)30(12-14-3-1-2-4-20(14)29)37(35,36)17-8-6-16(31)7-9-17/h1-11,21,31H,12-13H2,(H,33,34)/p-1. The zero-order chi connectivity index (χ0) is 27.1. The van der Waals surface area contributed by atoms with Gasteiger partial charge in [0.05, 0.1) is 28.0 Å². The zero-order valence-corrected chi connectivity index (χ0v) is 19.5. The molecule has 1 atom stereocenters. The van der Waals surface area contributed by atoms with Crippen LogP contribution in [0.4, 0.5) is 23.2 Å². The topological polar surface area (TPSA) is 118 Å². The highest BCUT2D eigenvalue weighted by Gasteiger charge is 2.41. The molecule has 0 saturated carbocycles. The molecule has 0 aliphatic carbocycles. The van der Waals surface area contributed by atoms with E-state index in [9.17, 15) is 45.8 Å². The molecule has 13 heteroatoms. The number of alkyl halides is 3. The van der Waals surface area contributed by atoms with Crippen LogP contribution in [0.1, 0.15) is 21.5 Å². The van der Waals surface area contributed by atoms with Gasteiger partial charge in [-0.25, -0.2) is 12.8 Å². The second kappa shape index (κ2) is 9.48. The van der Waals surface area contributed by atoms with Crippen LogP contribution >= 0.6 is 0 Å². The molecule has 0 fully saturated rings. The van der Waals surface area contributed by atoms with Gasteiger partial charge in [0.15, 0.2) is 0 Å². The molecule has 1 aliphatic rings. The lowest BCUT2D eigenvalue weighted by Gasteiger charge is -2.32. The molecule has 1 N–H and O–H groups in total. The van der Waals surface area contributed by atoms with Crippen molar-refractivity contribution in [3.63, 3.8) is 0 Å². The second-order valence-corrected chi connectivity index (χ2v) is 10.0. The van der Waals surface area contributed by atoms with E-state index in [0.29, 0.717) is 21.3 Å². The third-order valence-corrected chi connectivity index (χ3v) is 7.66. The van der Waals surface area contributed by atoms with Crippen LogP contribution in [0.25, 0.3) is 0 Å². The molecule has 0 spiro atoms. The van der Waals surface area contributed by atoms with Crippen LogP contribution in [0.15, 0.2) is 71.6 Å². The molecule has 1 amide bonds. The Morgan fingerprint density at radius 3 is 2.27 bits per heavy atom. The van der Waals surface area contributed by atoms with Crippen LogP contribution in [0.3, 0.4) is 0 Å². The van der Waals surface area contributed by atoms with Gasteiger partial charge in [-0.15, -0.1) is 0 Å². The quantitative estimate of drug-likeness (QED) is 0.511. The fraction of sp³-hybridized carbons (Fsp3) is 0.167. The minimum atomic E-state index is -5.11. The number of hydrogen-bond acceptors (Lipinski definition) is 6. The van der Waals surface area contributed by atoms with Crippen LogP contribution in [-0.4, -0.2) is 42.3 Å². The van der Waals surface area contributed by atoms with Gasteiger partial charge < -0.3 is 19.9 Å². The molecule has 3 aromatic carbocycles. The van der Waals surface area contributed by atoms with Gasteiger partial charge in [-0.05, 0) is 54.1 Å². The number of sulfonamides is 1. The summed E-state index contributed by atoms with van der Waals surface area (Å²) in [5.41, 5.74) is -2.43. The van der Waals surface area contributed by atoms with Crippen molar-refractivity contribution < 1.29 is 45.8 Å². The monoisotopic (exact) mass is 537 g/mol. The number of para-hydroxylation sites is 1. The Balaban J connectivity index is 1.86. The lowest BCUT2D eigenvalue weighted by atomic mass is 10.0. The van der Waals surface area contributed by atoms with E-state index in [0.717, 1.165) is 24.3 Å². The number of phenols is 1. The molecule has 194 valence electrons. The number of carboxylic acid groups (broad SMARTS) is 1. The summed E-state index contributed by atoms with van der Waals surface area (Å²) in [6, 6.07) is 9.31. The van der Waals surface area contributed by atoms with E-state index >= 15 is 0 Å². The van der Waals surface area contributed by atoms with Gasteiger partial charge in [-0.1, -0.05) is 18.2 Å². The lowest BCUT2D eigenvalue weighted by molar-refractivity contribution is -0.310. The number of benzene rings is 3. The highest BCUT2D eigenvalue weighted by Crippen LogP contribution is 2.36. The van der Waals surface area contributed by atoms with E-state index in [-0.39, 0.29) is 28.0 Å². The average molecular weight is 537 g/mol.